The quantitative estimate of drug-likeness (QED) is 0.462. The maximum Gasteiger partial charge on any atom is 0.0524 e. The summed E-state index contributed by atoms with van der Waals surface area (Å²) in [6.45, 7) is 7.88. The molecule has 0 radical (unpaired) electrons. The average Bonchev–Trinajstić information content (AvgIpc) is 2.50. The molecule has 3 fully saturated rings. The Labute approximate surface area is 94.2 Å². The minimum Gasteiger partial charge on any atom is -0.0845 e. The predicted octanol–water partition coefficient (Wildman–Crippen LogP) is 3.93. The Morgan fingerprint density at radius 2 is 1.67 bits per heavy atom. The molecule has 0 amide bonds. The topological polar surface area (TPSA) is 0 Å². The highest BCUT2D eigenvalue weighted by atomic mass is 28.3. The molecule has 15 heavy (non-hydrogen) atoms. The maximum absolute atomic E-state index is 2.63. The molecule has 0 spiro atoms. The van der Waals surface area contributed by atoms with Crippen molar-refractivity contribution in [3.63, 3.8) is 0 Å². The van der Waals surface area contributed by atoms with E-state index in [4.69, 9.17) is 0 Å². The highest BCUT2D eigenvalue weighted by Crippen LogP contribution is 2.88. The lowest BCUT2D eigenvalue weighted by molar-refractivity contribution is 0.337. The van der Waals surface area contributed by atoms with Crippen molar-refractivity contribution in [2.45, 2.75) is 43.9 Å². The first kappa shape index (κ1) is 9.04. The van der Waals surface area contributed by atoms with Gasteiger partial charge in [-0.2, -0.15) is 0 Å². The van der Waals surface area contributed by atoms with Crippen molar-refractivity contribution in [2.24, 2.45) is 29.6 Å². The highest BCUT2D eigenvalue weighted by molar-refractivity contribution is 6.80. The normalized spacial score (nSPS) is 59.5. The van der Waals surface area contributed by atoms with Crippen LogP contribution in [0.3, 0.4) is 0 Å². The smallest absolute Gasteiger partial charge is 0.0524 e. The molecule has 0 aromatic heterocycles. The van der Waals surface area contributed by atoms with Gasteiger partial charge in [-0.1, -0.05) is 38.2 Å². The van der Waals surface area contributed by atoms with Gasteiger partial charge in [-0.05, 0) is 47.5 Å². The lowest BCUT2D eigenvalue weighted by Gasteiger charge is -2.34. The van der Waals surface area contributed by atoms with Gasteiger partial charge < -0.3 is 0 Å². The van der Waals surface area contributed by atoms with Crippen LogP contribution in [0.4, 0.5) is 0 Å². The van der Waals surface area contributed by atoms with Gasteiger partial charge in [0.15, 0.2) is 0 Å². The molecule has 0 heterocycles. The molecule has 0 bridgehead atoms. The van der Waals surface area contributed by atoms with Crippen molar-refractivity contribution in [2.75, 3.05) is 0 Å². The number of rotatable bonds is 1. The molecule has 3 saturated carbocycles. The van der Waals surface area contributed by atoms with Crippen LogP contribution in [0.1, 0.15) is 19.3 Å². The third-order valence-electron chi connectivity index (χ3n) is 6.30. The summed E-state index contributed by atoms with van der Waals surface area (Å²) in [6, 6.07) is 0. The summed E-state index contributed by atoms with van der Waals surface area (Å²) in [5.41, 5.74) is 0. The van der Waals surface area contributed by atoms with Crippen LogP contribution >= 0.6 is 0 Å². The van der Waals surface area contributed by atoms with E-state index in [9.17, 15) is 0 Å². The number of allylic oxidation sites excluding steroid dienone is 2. The summed E-state index contributed by atoms with van der Waals surface area (Å²) in [5, 5.41) is 0.850. The molecule has 4 rings (SSSR count). The molecule has 4 aliphatic carbocycles. The van der Waals surface area contributed by atoms with Crippen LogP contribution in [-0.4, -0.2) is 8.07 Å². The second-order valence-corrected chi connectivity index (χ2v) is 12.8. The SMILES string of the molecule is C[Si](C)(C)[C@@]12C3C=CC1C2C1CCCC13. The zero-order valence-corrected chi connectivity index (χ0v) is 11.2. The third kappa shape index (κ3) is 0.739. The largest absolute Gasteiger partial charge is 0.0845 e. The van der Waals surface area contributed by atoms with E-state index in [-0.39, 0.29) is 0 Å². The fourth-order valence-electron chi connectivity index (χ4n) is 6.11. The predicted molar refractivity (Wildman–Crippen MR) is 66.5 cm³/mol. The summed E-state index contributed by atoms with van der Waals surface area (Å²) in [6.07, 6.45) is 9.90. The summed E-state index contributed by atoms with van der Waals surface area (Å²) < 4.78 is 0. The van der Waals surface area contributed by atoms with E-state index in [0.717, 1.165) is 34.6 Å². The minimum absolute atomic E-state index is 0.850. The van der Waals surface area contributed by atoms with Crippen LogP contribution in [0.15, 0.2) is 12.2 Å². The van der Waals surface area contributed by atoms with Crippen molar-refractivity contribution in [1.29, 1.82) is 0 Å². The summed E-state index contributed by atoms with van der Waals surface area (Å²) in [5.74, 6) is 5.45. The first-order chi connectivity index (χ1) is 7.08. The van der Waals surface area contributed by atoms with Crippen molar-refractivity contribution < 1.29 is 0 Å². The standard InChI is InChI=1S/C14H22Si/c1-15(2,3)14-11-7-8-12(14)13(14)10-6-4-5-9(10)11/h7-13H,4-6H2,1-3H3/t9?,10?,11?,12?,13?,14-/m0/s1. The van der Waals surface area contributed by atoms with E-state index in [1.54, 1.807) is 12.8 Å². The highest BCUT2D eigenvalue weighted by Gasteiger charge is 2.81. The fraction of sp³-hybridized carbons (Fsp3) is 0.857. The van der Waals surface area contributed by atoms with Gasteiger partial charge in [0.05, 0.1) is 8.07 Å². The molecule has 0 nitrogen and oxygen atoms in total. The summed E-state index contributed by atoms with van der Waals surface area (Å²) in [7, 11) is -0.966. The Kier molecular flexibility index (Phi) is 1.38. The molecule has 1 heteroatoms. The zero-order valence-electron chi connectivity index (χ0n) is 10.2. The minimum atomic E-state index is -0.966. The maximum atomic E-state index is 2.63. The van der Waals surface area contributed by atoms with Crippen molar-refractivity contribution in [1.82, 2.24) is 0 Å². The van der Waals surface area contributed by atoms with Gasteiger partial charge in [-0.15, -0.1) is 0 Å². The Morgan fingerprint density at radius 1 is 1.00 bits per heavy atom. The second kappa shape index (κ2) is 2.29. The number of hydrogen-bond donors (Lipinski definition) is 0. The molecule has 82 valence electrons. The van der Waals surface area contributed by atoms with Gasteiger partial charge in [-0.25, -0.2) is 0 Å². The van der Waals surface area contributed by atoms with E-state index in [2.05, 4.69) is 31.8 Å². The molecule has 0 saturated heterocycles. The van der Waals surface area contributed by atoms with Crippen LogP contribution in [-0.2, 0) is 0 Å². The van der Waals surface area contributed by atoms with Gasteiger partial charge in [-0.3, -0.25) is 0 Å². The molecule has 0 aromatic rings. The molecule has 0 aromatic carbocycles. The van der Waals surface area contributed by atoms with Crippen molar-refractivity contribution >= 4 is 8.07 Å². The van der Waals surface area contributed by atoms with Gasteiger partial charge >= 0.3 is 0 Å². The number of hydrogen-bond acceptors (Lipinski definition) is 0. The average molecular weight is 218 g/mol. The molecule has 0 N–H and O–H groups in total. The fourth-order valence-corrected chi connectivity index (χ4v) is 10.0. The first-order valence-corrected chi connectivity index (χ1v) is 10.3. The lowest BCUT2D eigenvalue weighted by atomic mass is 9.88. The third-order valence-corrected chi connectivity index (χ3v) is 9.90. The lowest BCUT2D eigenvalue weighted by Crippen LogP contribution is -2.35. The molecular formula is C14H22Si. The van der Waals surface area contributed by atoms with Gasteiger partial charge in [0.2, 0.25) is 0 Å². The van der Waals surface area contributed by atoms with Crippen LogP contribution < -0.4 is 0 Å². The molecular weight excluding hydrogens is 196 g/mol. The van der Waals surface area contributed by atoms with Crippen LogP contribution in [0.2, 0.25) is 24.7 Å². The molecule has 4 aliphatic rings. The van der Waals surface area contributed by atoms with E-state index < -0.39 is 8.07 Å². The summed E-state index contributed by atoms with van der Waals surface area (Å²) >= 11 is 0. The van der Waals surface area contributed by atoms with Gasteiger partial charge in [0.1, 0.15) is 0 Å². The molecule has 5 unspecified atom stereocenters. The second-order valence-electron chi connectivity index (χ2n) is 7.40. The molecule has 6 atom stereocenters. The zero-order chi connectivity index (χ0) is 10.4. The Balaban J connectivity index is 1.83. The van der Waals surface area contributed by atoms with Crippen LogP contribution in [0, 0.1) is 29.6 Å². The first-order valence-electron chi connectivity index (χ1n) is 6.77. The van der Waals surface area contributed by atoms with Gasteiger partial charge in [0.25, 0.3) is 0 Å². The van der Waals surface area contributed by atoms with E-state index in [1.165, 1.54) is 6.42 Å². The Bertz CT molecular complexity index is 351. The van der Waals surface area contributed by atoms with Crippen molar-refractivity contribution in [3.05, 3.63) is 12.2 Å². The van der Waals surface area contributed by atoms with Crippen molar-refractivity contribution in [3.8, 4) is 0 Å². The van der Waals surface area contributed by atoms with Crippen LogP contribution in [0.5, 0.6) is 0 Å². The Hall–Kier alpha value is -0.0431. The van der Waals surface area contributed by atoms with E-state index in [0.29, 0.717) is 0 Å². The van der Waals surface area contributed by atoms with E-state index >= 15 is 0 Å². The van der Waals surface area contributed by atoms with E-state index in [1.807, 2.05) is 0 Å². The Morgan fingerprint density at radius 3 is 2.40 bits per heavy atom. The van der Waals surface area contributed by atoms with Crippen LogP contribution in [0.25, 0.3) is 0 Å². The number of fused-ring (bicyclic) bond motifs is 4. The molecule has 0 aliphatic heterocycles. The summed E-state index contributed by atoms with van der Waals surface area (Å²) in [4.78, 5) is 0. The monoisotopic (exact) mass is 218 g/mol. The van der Waals surface area contributed by atoms with Gasteiger partial charge in [0, 0.05) is 0 Å².